The third-order valence-corrected chi connectivity index (χ3v) is 8.80. The number of nitrogens with one attached hydrogen (secondary N) is 2. The van der Waals surface area contributed by atoms with Gasteiger partial charge in [-0.25, -0.2) is 0 Å². The van der Waals surface area contributed by atoms with Gasteiger partial charge in [-0.3, -0.25) is 0 Å². The van der Waals surface area contributed by atoms with Crippen molar-refractivity contribution in [1.82, 2.24) is 10.6 Å². The van der Waals surface area contributed by atoms with Crippen LogP contribution in [0, 0.1) is 0 Å². The molecule has 4 aliphatic carbocycles. The second kappa shape index (κ2) is 14.4. The van der Waals surface area contributed by atoms with Crippen molar-refractivity contribution in [1.29, 1.82) is 0 Å². The molecule has 3 N–H and O–H groups in total. The molecule has 0 aromatic rings. The van der Waals surface area contributed by atoms with Gasteiger partial charge < -0.3 is 25.2 Å². The van der Waals surface area contributed by atoms with E-state index in [-0.39, 0.29) is 0 Å². The minimum absolute atomic E-state index is 0.313. The zero-order valence-corrected chi connectivity index (χ0v) is 21.2. The molecule has 192 valence electrons. The molecule has 0 radical (unpaired) electrons. The molecule has 0 aromatic carbocycles. The Kier molecular flexibility index (Phi) is 11.3. The number of hydrogen-bond acceptors (Lipinski definition) is 5. The quantitative estimate of drug-likeness (QED) is 0.386. The molecule has 0 aliphatic heterocycles. The summed E-state index contributed by atoms with van der Waals surface area (Å²) < 4.78 is 12.1. The number of rotatable bonds is 10. The summed E-state index contributed by atoms with van der Waals surface area (Å²) in [5.41, 5.74) is 0. The van der Waals surface area contributed by atoms with Gasteiger partial charge in [-0.15, -0.1) is 0 Å². The maximum Gasteiger partial charge on any atom is 0.101 e. The van der Waals surface area contributed by atoms with Crippen LogP contribution < -0.4 is 10.6 Å². The first-order valence-electron chi connectivity index (χ1n) is 14.7. The second-order valence-corrected chi connectivity index (χ2v) is 11.6. The fourth-order valence-corrected chi connectivity index (χ4v) is 6.72. The van der Waals surface area contributed by atoms with Gasteiger partial charge in [0.05, 0.1) is 25.4 Å². The fraction of sp³-hybridized carbons (Fsp3) is 1.00. The SMILES string of the molecule is OC(COC1CCC(NC2CCCCCC2)CC1)COC1CCC(NC2CCCCC2)CC1. The van der Waals surface area contributed by atoms with E-state index in [4.69, 9.17) is 9.47 Å². The van der Waals surface area contributed by atoms with E-state index in [1.54, 1.807) is 0 Å². The highest BCUT2D eigenvalue weighted by Crippen LogP contribution is 2.26. The molecule has 4 rings (SSSR count). The molecule has 5 nitrogen and oxygen atoms in total. The van der Waals surface area contributed by atoms with Crippen LogP contribution in [0.5, 0.6) is 0 Å². The Hall–Kier alpha value is -0.200. The van der Waals surface area contributed by atoms with Crippen LogP contribution in [0.3, 0.4) is 0 Å². The van der Waals surface area contributed by atoms with Gasteiger partial charge in [0.2, 0.25) is 0 Å². The monoisotopic (exact) mass is 464 g/mol. The lowest BCUT2D eigenvalue weighted by Gasteiger charge is -2.34. The van der Waals surface area contributed by atoms with Gasteiger partial charge in [-0.1, -0.05) is 44.9 Å². The van der Waals surface area contributed by atoms with Gasteiger partial charge >= 0.3 is 0 Å². The van der Waals surface area contributed by atoms with E-state index >= 15 is 0 Å². The van der Waals surface area contributed by atoms with Crippen molar-refractivity contribution in [2.24, 2.45) is 0 Å². The topological polar surface area (TPSA) is 62.8 Å². The molecular weight excluding hydrogens is 412 g/mol. The molecule has 0 amide bonds. The van der Waals surface area contributed by atoms with Gasteiger partial charge in [0, 0.05) is 24.2 Å². The van der Waals surface area contributed by atoms with Crippen LogP contribution in [0.25, 0.3) is 0 Å². The first-order chi connectivity index (χ1) is 16.2. The molecule has 1 atom stereocenters. The van der Waals surface area contributed by atoms with Crippen LogP contribution in [0.15, 0.2) is 0 Å². The Morgan fingerprint density at radius 1 is 0.485 bits per heavy atom. The number of ether oxygens (including phenoxy) is 2. The molecule has 0 saturated heterocycles. The summed E-state index contributed by atoms with van der Waals surface area (Å²) in [7, 11) is 0. The summed E-state index contributed by atoms with van der Waals surface area (Å²) in [6.45, 7) is 0.841. The van der Waals surface area contributed by atoms with Crippen molar-refractivity contribution in [2.75, 3.05) is 13.2 Å². The Labute approximate surface area is 203 Å². The maximum absolute atomic E-state index is 10.4. The normalized spacial score (nSPS) is 34.1. The van der Waals surface area contributed by atoms with Crippen LogP contribution in [-0.2, 0) is 9.47 Å². The van der Waals surface area contributed by atoms with Crippen molar-refractivity contribution in [2.45, 2.75) is 164 Å². The van der Waals surface area contributed by atoms with E-state index in [0.29, 0.717) is 37.5 Å². The molecule has 0 spiro atoms. The molecule has 4 aliphatic rings. The van der Waals surface area contributed by atoms with E-state index in [2.05, 4.69) is 10.6 Å². The minimum atomic E-state index is -0.495. The smallest absolute Gasteiger partial charge is 0.101 e. The van der Waals surface area contributed by atoms with Gasteiger partial charge in [-0.05, 0) is 77.0 Å². The lowest BCUT2D eigenvalue weighted by Crippen LogP contribution is -2.43. The van der Waals surface area contributed by atoms with E-state index in [0.717, 1.165) is 37.8 Å². The van der Waals surface area contributed by atoms with Crippen LogP contribution in [0.2, 0.25) is 0 Å². The maximum atomic E-state index is 10.4. The number of aliphatic hydroxyl groups is 1. The van der Waals surface area contributed by atoms with Crippen LogP contribution in [0.4, 0.5) is 0 Å². The summed E-state index contributed by atoms with van der Waals surface area (Å²) in [6, 6.07) is 2.84. The Morgan fingerprint density at radius 3 is 1.21 bits per heavy atom. The van der Waals surface area contributed by atoms with Gasteiger partial charge in [0.25, 0.3) is 0 Å². The van der Waals surface area contributed by atoms with Crippen LogP contribution in [0.1, 0.15) is 122 Å². The van der Waals surface area contributed by atoms with Crippen LogP contribution in [-0.4, -0.2) is 60.8 Å². The standard InChI is InChI=1S/C28H52N2O3/c31-26(21-33-28-18-14-25(15-19-28)30-23-10-6-3-7-11-23)20-32-27-16-12-24(13-17-27)29-22-8-4-1-2-5-9-22/h22-31H,1-21H2. The Bertz CT molecular complexity index is 503. The van der Waals surface area contributed by atoms with E-state index in [9.17, 15) is 5.11 Å². The predicted molar refractivity (Wildman–Crippen MR) is 135 cm³/mol. The largest absolute Gasteiger partial charge is 0.388 e. The summed E-state index contributed by atoms with van der Waals surface area (Å²) in [5.74, 6) is 0. The zero-order chi connectivity index (χ0) is 22.7. The molecule has 33 heavy (non-hydrogen) atoms. The molecule has 0 heterocycles. The fourth-order valence-electron chi connectivity index (χ4n) is 6.72. The lowest BCUT2D eigenvalue weighted by molar-refractivity contribution is -0.0756. The Morgan fingerprint density at radius 2 is 0.818 bits per heavy atom. The zero-order valence-electron chi connectivity index (χ0n) is 21.2. The summed E-state index contributed by atoms with van der Waals surface area (Å²) >= 11 is 0. The summed E-state index contributed by atoms with van der Waals surface area (Å²) in [5, 5.41) is 18.2. The molecule has 5 heteroatoms. The summed E-state index contributed by atoms with van der Waals surface area (Å²) in [6.07, 6.45) is 24.8. The first kappa shape index (κ1) is 25.9. The average Bonchev–Trinajstić information content (AvgIpc) is 3.12. The van der Waals surface area contributed by atoms with E-state index in [1.165, 1.54) is 96.3 Å². The molecule has 0 bridgehead atoms. The van der Waals surface area contributed by atoms with E-state index < -0.39 is 6.10 Å². The van der Waals surface area contributed by atoms with Crippen molar-refractivity contribution in [3.8, 4) is 0 Å². The molecule has 4 saturated carbocycles. The lowest BCUT2D eigenvalue weighted by atomic mass is 9.89. The average molecular weight is 465 g/mol. The molecule has 0 aromatic heterocycles. The highest BCUT2D eigenvalue weighted by Gasteiger charge is 2.26. The van der Waals surface area contributed by atoms with Gasteiger partial charge in [0.1, 0.15) is 6.10 Å². The van der Waals surface area contributed by atoms with Crippen molar-refractivity contribution < 1.29 is 14.6 Å². The first-order valence-corrected chi connectivity index (χ1v) is 14.7. The third-order valence-electron chi connectivity index (χ3n) is 8.80. The number of hydrogen-bond donors (Lipinski definition) is 3. The number of aliphatic hydroxyl groups excluding tert-OH is 1. The molecular formula is C28H52N2O3. The van der Waals surface area contributed by atoms with Crippen molar-refractivity contribution >= 4 is 0 Å². The second-order valence-electron chi connectivity index (χ2n) is 11.6. The Balaban J connectivity index is 1.02. The van der Waals surface area contributed by atoms with Crippen LogP contribution >= 0.6 is 0 Å². The minimum Gasteiger partial charge on any atom is -0.388 e. The van der Waals surface area contributed by atoms with Gasteiger partial charge in [-0.2, -0.15) is 0 Å². The highest BCUT2D eigenvalue weighted by molar-refractivity contribution is 4.84. The van der Waals surface area contributed by atoms with E-state index in [1.807, 2.05) is 0 Å². The third kappa shape index (κ3) is 9.40. The highest BCUT2D eigenvalue weighted by atomic mass is 16.5. The van der Waals surface area contributed by atoms with Crippen molar-refractivity contribution in [3.63, 3.8) is 0 Å². The van der Waals surface area contributed by atoms with Gasteiger partial charge in [0.15, 0.2) is 0 Å². The molecule has 1 unspecified atom stereocenters. The van der Waals surface area contributed by atoms with Crippen molar-refractivity contribution in [3.05, 3.63) is 0 Å². The summed E-state index contributed by atoms with van der Waals surface area (Å²) in [4.78, 5) is 0. The molecule has 4 fully saturated rings. The predicted octanol–water partition coefficient (Wildman–Crippen LogP) is 5.24.